The van der Waals surface area contributed by atoms with E-state index in [1.165, 1.54) is 24.3 Å². The third-order valence-electron chi connectivity index (χ3n) is 2.26. The molecular weight excluding hydrogens is 223 g/mol. The van der Waals surface area contributed by atoms with Gasteiger partial charge < -0.3 is 15.7 Å². The Morgan fingerprint density at radius 3 is 2.47 bits per heavy atom. The van der Waals surface area contributed by atoms with E-state index in [-0.39, 0.29) is 23.9 Å². The number of carbonyl (C=O) groups excluding carboxylic acids is 1. The standard InChI is InChI=1S/C12H17FN2O2/c1-12(2,8-16)7-14-11(17)15-10-5-3-9(13)4-6-10/h3-6,16H,7-8H2,1-2H3,(H2,14,15,17). The van der Waals surface area contributed by atoms with Crippen LogP contribution < -0.4 is 10.6 Å². The number of hydrogen-bond donors (Lipinski definition) is 3. The molecule has 0 saturated carbocycles. The zero-order valence-corrected chi connectivity index (χ0v) is 9.96. The summed E-state index contributed by atoms with van der Waals surface area (Å²) >= 11 is 0. The highest BCUT2D eigenvalue weighted by Gasteiger charge is 2.17. The number of aliphatic hydroxyl groups excluding tert-OH is 1. The zero-order chi connectivity index (χ0) is 12.9. The quantitative estimate of drug-likeness (QED) is 0.753. The molecule has 5 heteroatoms. The monoisotopic (exact) mass is 240 g/mol. The van der Waals surface area contributed by atoms with Crippen LogP contribution in [0.1, 0.15) is 13.8 Å². The van der Waals surface area contributed by atoms with Gasteiger partial charge in [-0.3, -0.25) is 0 Å². The molecule has 0 unspecified atom stereocenters. The summed E-state index contributed by atoms with van der Waals surface area (Å²) in [5.41, 5.74) is 0.158. The van der Waals surface area contributed by atoms with Gasteiger partial charge >= 0.3 is 6.03 Å². The third-order valence-corrected chi connectivity index (χ3v) is 2.26. The molecule has 1 aromatic rings. The number of hydrogen-bond acceptors (Lipinski definition) is 2. The summed E-state index contributed by atoms with van der Waals surface area (Å²) in [6.07, 6.45) is 0. The first kappa shape index (κ1) is 13.4. The topological polar surface area (TPSA) is 61.4 Å². The van der Waals surface area contributed by atoms with Gasteiger partial charge in [0.2, 0.25) is 0 Å². The lowest BCUT2D eigenvalue weighted by Gasteiger charge is -2.21. The fourth-order valence-electron chi connectivity index (χ4n) is 1.08. The van der Waals surface area contributed by atoms with Gasteiger partial charge in [-0.2, -0.15) is 0 Å². The molecule has 3 N–H and O–H groups in total. The number of benzene rings is 1. The molecule has 1 aromatic carbocycles. The molecule has 0 radical (unpaired) electrons. The van der Waals surface area contributed by atoms with Gasteiger partial charge in [0.05, 0.1) is 0 Å². The lowest BCUT2D eigenvalue weighted by molar-refractivity contribution is 0.158. The average Bonchev–Trinajstić information content (AvgIpc) is 2.30. The van der Waals surface area contributed by atoms with E-state index >= 15 is 0 Å². The first-order valence-electron chi connectivity index (χ1n) is 5.34. The van der Waals surface area contributed by atoms with Crippen molar-refractivity contribution in [2.75, 3.05) is 18.5 Å². The molecular formula is C12H17FN2O2. The summed E-state index contributed by atoms with van der Waals surface area (Å²) in [5, 5.41) is 14.2. The van der Waals surface area contributed by atoms with Crippen molar-refractivity contribution < 1.29 is 14.3 Å². The Balaban J connectivity index is 2.42. The number of urea groups is 1. The number of amides is 2. The maximum absolute atomic E-state index is 12.6. The van der Waals surface area contributed by atoms with Crippen molar-refractivity contribution in [3.05, 3.63) is 30.1 Å². The Kier molecular flexibility index (Phi) is 4.45. The first-order valence-corrected chi connectivity index (χ1v) is 5.34. The number of rotatable bonds is 4. The van der Waals surface area contributed by atoms with Gasteiger partial charge in [-0.05, 0) is 24.3 Å². The van der Waals surface area contributed by atoms with Crippen molar-refractivity contribution in [3.63, 3.8) is 0 Å². The summed E-state index contributed by atoms with van der Waals surface area (Å²) in [5.74, 6) is -0.350. The third kappa shape index (κ3) is 4.82. The van der Waals surface area contributed by atoms with E-state index in [0.717, 1.165) is 0 Å². The first-order chi connectivity index (χ1) is 7.93. The highest BCUT2D eigenvalue weighted by atomic mass is 19.1. The van der Waals surface area contributed by atoms with Gasteiger partial charge in [-0.1, -0.05) is 13.8 Å². The molecule has 1 rings (SSSR count). The van der Waals surface area contributed by atoms with Crippen LogP contribution in [0, 0.1) is 11.2 Å². The van der Waals surface area contributed by atoms with Crippen LogP contribution in [0.4, 0.5) is 14.9 Å². The smallest absolute Gasteiger partial charge is 0.319 e. The lowest BCUT2D eigenvalue weighted by Crippen LogP contribution is -2.38. The fourth-order valence-corrected chi connectivity index (χ4v) is 1.08. The van der Waals surface area contributed by atoms with Crippen LogP contribution in [-0.2, 0) is 0 Å². The minimum atomic E-state index is -0.377. The molecule has 0 aliphatic rings. The number of aliphatic hydroxyl groups is 1. The zero-order valence-electron chi connectivity index (χ0n) is 9.96. The Morgan fingerprint density at radius 1 is 1.35 bits per heavy atom. The van der Waals surface area contributed by atoms with Gasteiger partial charge in [0.1, 0.15) is 5.82 Å². The van der Waals surface area contributed by atoms with E-state index < -0.39 is 0 Å². The molecule has 94 valence electrons. The van der Waals surface area contributed by atoms with Crippen molar-refractivity contribution in [2.45, 2.75) is 13.8 Å². The van der Waals surface area contributed by atoms with Crippen LogP contribution in [0.2, 0.25) is 0 Å². The second kappa shape index (κ2) is 5.63. The predicted octanol–water partition coefficient (Wildman–Crippen LogP) is 1.97. The largest absolute Gasteiger partial charge is 0.396 e. The van der Waals surface area contributed by atoms with E-state index in [1.54, 1.807) is 0 Å². The maximum Gasteiger partial charge on any atom is 0.319 e. The number of carbonyl (C=O) groups is 1. The molecule has 0 aliphatic heterocycles. The Morgan fingerprint density at radius 2 is 1.94 bits per heavy atom. The van der Waals surface area contributed by atoms with E-state index in [1.807, 2.05) is 13.8 Å². The number of anilines is 1. The van der Waals surface area contributed by atoms with E-state index in [0.29, 0.717) is 12.2 Å². The van der Waals surface area contributed by atoms with E-state index in [2.05, 4.69) is 10.6 Å². The second-order valence-corrected chi connectivity index (χ2v) is 4.64. The van der Waals surface area contributed by atoms with Gasteiger partial charge in [-0.25, -0.2) is 9.18 Å². The molecule has 0 aliphatic carbocycles. The van der Waals surface area contributed by atoms with Crippen molar-refractivity contribution in [1.82, 2.24) is 5.32 Å². The van der Waals surface area contributed by atoms with Gasteiger partial charge in [0, 0.05) is 24.3 Å². The lowest BCUT2D eigenvalue weighted by atomic mass is 9.95. The minimum absolute atomic E-state index is 0.0101. The van der Waals surface area contributed by atoms with Crippen molar-refractivity contribution >= 4 is 11.7 Å². The SMILES string of the molecule is CC(C)(CO)CNC(=O)Nc1ccc(F)cc1. The van der Waals surface area contributed by atoms with Crippen molar-refractivity contribution in [2.24, 2.45) is 5.41 Å². The predicted molar refractivity (Wildman–Crippen MR) is 64.3 cm³/mol. The van der Waals surface area contributed by atoms with Gasteiger partial charge in [0.15, 0.2) is 0 Å². The number of nitrogens with one attached hydrogen (secondary N) is 2. The molecule has 0 saturated heterocycles. The molecule has 17 heavy (non-hydrogen) atoms. The van der Waals surface area contributed by atoms with Crippen LogP contribution in [0.5, 0.6) is 0 Å². The van der Waals surface area contributed by atoms with Gasteiger partial charge in [0.25, 0.3) is 0 Å². The van der Waals surface area contributed by atoms with Gasteiger partial charge in [-0.15, -0.1) is 0 Å². The summed E-state index contributed by atoms with van der Waals surface area (Å²) in [7, 11) is 0. The number of halogens is 1. The second-order valence-electron chi connectivity index (χ2n) is 4.64. The maximum atomic E-state index is 12.6. The Hall–Kier alpha value is -1.62. The minimum Gasteiger partial charge on any atom is -0.396 e. The molecule has 0 fully saturated rings. The average molecular weight is 240 g/mol. The summed E-state index contributed by atoms with van der Waals surface area (Å²) in [4.78, 5) is 11.5. The van der Waals surface area contributed by atoms with Crippen LogP contribution >= 0.6 is 0 Å². The highest BCUT2D eigenvalue weighted by Crippen LogP contribution is 2.12. The molecule has 0 heterocycles. The van der Waals surface area contributed by atoms with Crippen LogP contribution in [0.15, 0.2) is 24.3 Å². The Bertz CT molecular complexity index is 377. The fraction of sp³-hybridized carbons (Fsp3) is 0.417. The summed E-state index contributed by atoms with van der Waals surface area (Å²) < 4.78 is 12.6. The molecule has 4 nitrogen and oxygen atoms in total. The summed E-state index contributed by atoms with van der Waals surface area (Å²) in [6.45, 7) is 4.02. The summed E-state index contributed by atoms with van der Waals surface area (Å²) in [6, 6.07) is 5.12. The van der Waals surface area contributed by atoms with E-state index in [4.69, 9.17) is 5.11 Å². The molecule has 0 spiro atoms. The van der Waals surface area contributed by atoms with Crippen LogP contribution in [0.25, 0.3) is 0 Å². The van der Waals surface area contributed by atoms with E-state index in [9.17, 15) is 9.18 Å². The van der Waals surface area contributed by atoms with Crippen LogP contribution in [0.3, 0.4) is 0 Å². The van der Waals surface area contributed by atoms with Crippen molar-refractivity contribution in [1.29, 1.82) is 0 Å². The van der Waals surface area contributed by atoms with Crippen LogP contribution in [-0.4, -0.2) is 24.3 Å². The molecule has 2 amide bonds. The molecule has 0 atom stereocenters. The molecule has 0 aromatic heterocycles. The van der Waals surface area contributed by atoms with Crippen molar-refractivity contribution in [3.8, 4) is 0 Å². The normalized spacial score (nSPS) is 11.1. The highest BCUT2D eigenvalue weighted by molar-refractivity contribution is 5.89. The Labute approximate surface area is 99.8 Å². The molecule has 0 bridgehead atoms.